The van der Waals surface area contributed by atoms with E-state index >= 15 is 0 Å². The van der Waals surface area contributed by atoms with Gasteiger partial charge < -0.3 is 4.74 Å². The summed E-state index contributed by atoms with van der Waals surface area (Å²) in [6.07, 6.45) is 4.59. The molecule has 4 nitrogen and oxygen atoms in total. The Morgan fingerprint density at radius 3 is 2.69 bits per heavy atom. The molecule has 4 heteroatoms. The van der Waals surface area contributed by atoms with Gasteiger partial charge in [0, 0.05) is 5.92 Å². The van der Waals surface area contributed by atoms with Crippen molar-refractivity contribution in [2.75, 3.05) is 0 Å². The molecule has 0 spiro atoms. The van der Waals surface area contributed by atoms with Gasteiger partial charge in [0.05, 0.1) is 5.92 Å². The van der Waals surface area contributed by atoms with Gasteiger partial charge in [-0.15, -0.1) is 0 Å². The summed E-state index contributed by atoms with van der Waals surface area (Å²) in [5.41, 5.74) is 0. The average molecular weight is 220 g/mol. The summed E-state index contributed by atoms with van der Waals surface area (Å²) >= 11 is 0. The molecule has 0 aromatic rings. The Kier molecular flexibility index (Phi) is 1.85. The highest BCUT2D eigenvalue weighted by molar-refractivity contribution is 6.18. The molecule has 2 aliphatic carbocycles. The first-order valence-corrected chi connectivity index (χ1v) is 5.52. The third-order valence-electron chi connectivity index (χ3n) is 3.89. The van der Waals surface area contributed by atoms with Crippen LogP contribution >= 0.6 is 0 Å². The van der Waals surface area contributed by atoms with Crippen molar-refractivity contribution >= 4 is 17.5 Å². The summed E-state index contributed by atoms with van der Waals surface area (Å²) < 4.78 is 5.26. The van der Waals surface area contributed by atoms with Crippen LogP contribution in [0.15, 0.2) is 12.2 Å². The van der Waals surface area contributed by atoms with Crippen LogP contribution < -0.4 is 0 Å². The van der Waals surface area contributed by atoms with Gasteiger partial charge >= 0.3 is 5.97 Å². The number of esters is 1. The van der Waals surface area contributed by atoms with Gasteiger partial charge in [0.25, 0.3) is 0 Å². The number of ketones is 2. The minimum absolute atomic E-state index is 0.164. The lowest BCUT2D eigenvalue weighted by Gasteiger charge is -2.33. The minimum Gasteiger partial charge on any atom is -0.460 e. The molecule has 0 N–H and O–H groups in total. The maximum atomic E-state index is 12.1. The zero-order valence-electron chi connectivity index (χ0n) is 8.88. The molecule has 1 aliphatic heterocycles. The lowest BCUT2D eigenvalue weighted by Crippen LogP contribution is -2.49. The SMILES string of the molecule is CC(=O)[C@@H]1C(=O)O[C@@H]2[C@@H](C1=O)[C@H]1C=C[C@H]2C1. The van der Waals surface area contributed by atoms with Gasteiger partial charge in [-0.1, -0.05) is 12.2 Å². The van der Waals surface area contributed by atoms with Crippen molar-refractivity contribution in [1.29, 1.82) is 0 Å². The normalized spacial score (nSPS) is 44.4. The second-order valence-electron chi connectivity index (χ2n) is 4.82. The molecule has 0 unspecified atom stereocenters. The second kappa shape index (κ2) is 3.03. The van der Waals surface area contributed by atoms with E-state index in [0.29, 0.717) is 0 Å². The number of allylic oxidation sites excluding steroid dienone is 1. The van der Waals surface area contributed by atoms with Crippen LogP contribution in [0.2, 0.25) is 0 Å². The predicted octanol–water partition coefficient (Wildman–Crippen LogP) is 0.508. The van der Waals surface area contributed by atoms with Crippen LogP contribution in [-0.2, 0) is 19.1 Å². The number of hydrogen-bond acceptors (Lipinski definition) is 4. The highest BCUT2D eigenvalue weighted by Crippen LogP contribution is 2.48. The second-order valence-corrected chi connectivity index (χ2v) is 4.82. The molecule has 0 radical (unpaired) electrons. The monoisotopic (exact) mass is 220 g/mol. The highest BCUT2D eigenvalue weighted by Gasteiger charge is 2.57. The van der Waals surface area contributed by atoms with Crippen molar-refractivity contribution in [3.8, 4) is 0 Å². The number of carbonyl (C=O) groups is 3. The van der Waals surface area contributed by atoms with Crippen molar-refractivity contribution in [3.63, 3.8) is 0 Å². The number of carbonyl (C=O) groups excluding carboxylic acids is 3. The third kappa shape index (κ3) is 1.07. The highest BCUT2D eigenvalue weighted by atomic mass is 16.5. The van der Waals surface area contributed by atoms with E-state index in [1.54, 1.807) is 0 Å². The lowest BCUT2D eigenvalue weighted by atomic mass is 9.78. The van der Waals surface area contributed by atoms with Crippen molar-refractivity contribution in [2.24, 2.45) is 23.7 Å². The molecule has 16 heavy (non-hydrogen) atoms. The predicted molar refractivity (Wildman–Crippen MR) is 53.3 cm³/mol. The van der Waals surface area contributed by atoms with E-state index in [-0.39, 0.29) is 29.6 Å². The molecule has 0 aromatic carbocycles. The van der Waals surface area contributed by atoms with Crippen LogP contribution in [0, 0.1) is 23.7 Å². The zero-order chi connectivity index (χ0) is 11.4. The van der Waals surface area contributed by atoms with Crippen LogP contribution in [0.5, 0.6) is 0 Å². The fourth-order valence-electron chi connectivity index (χ4n) is 3.19. The summed E-state index contributed by atoms with van der Waals surface area (Å²) in [6.45, 7) is 1.27. The summed E-state index contributed by atoms with van der Waals surface area (Å²) in [7, 11) is 0. The first-order valence-electron chi connectivity index (χ1n) is 5.52. The van der Waals surface area contributed by atoms with Gasteiger partial charge in [-0.2, -0.15) is 0 Å². The summed E-state index contributed by atoms with van der Waals surface area (Å²) in [5, 5.41) is 0. The number of Topliss-reactive ketones (excluding diaryl/α,β-unsaturated/α-hetero) is 2. The molecule has 3 rings (SSSR count). The van der Waals surface area contributed by atoms with Gasteiger partial charge in [-0.25, -0.2) is 0 Å². The quantitative estimate of drug-likeness (QED) is 0.367. The van der Waals surface area contributed by atoms with Gasteiger partial charge in [-0.3, -0.25) is 14.4 Å². The zero-order valence-corrected chi connectivity index (χ0v) is 8.88. The smallest absolute Gasteiger partial charge is 0.324 e. The molecule has 1 saturated heterocycles. The average Bonchev–Trinajstić information content (AvgIpc) is 2.76. The molecule has 84 valence electrons. The Balaban J connectivity index is 1.97. The topological polar surface area (TPSA) is 60.4 Å². The Morgan fingerprint density at radius 2 is 2.00 bits per heavy atom. The first kappa shape index (κ1) is 9.75. The number of fused-ring (bicyclic) bond motifs is 5. The van der Waals surface area contributed by atoms with Gasteiger partial charge in [0.15, 0.2) is 17.5 Å². The standard InChI is InChI=1S/C12H12O4/c1-5(13)8-10(14)9-6-2-3-7(4-6)11(9)16-12(8)15/h2-3,6-9,11H,4H2,1H3/t6-,7-,8-,9+,11-/m0/s1. The summed E-state index contributed by atoms with van der Waals surface area (Å²) in [5.74, 6) is -2.39. The Labute approximate surface area is 92.6 Å². The molecule has 0 amide bonds. The van der Waals surface area contributed by atoms with E-state index in [1.165, 1.54) is 6.92 Å². The largest absolute Gasteiger partial charge is 0.460 e. The molecule has 2 fully saturated rings. The lowest BCUT2D eigenvalue weighted by molar-refractivity contribution is -0.172. The van der Waals surface area contributed by atoms with E-state index < -0.39 is 17.7 Å². The summed E-state index contributed by atoms with van der Waals surface area (Å²) in [4.78, 5) is 34.9. The molecule has 5 atom stereocenters. The Morgan fingerprint density at radius 1 is 1.31 bits per heavy atom. The Hall–Kier alpha value is -1.45. The molecule has 0 aromatic heterocycles. The van der Waals surface area contributed by atoms with E-state index in [1.807, 2.05) is 12.2 Å². The van der Waals surface area contributed by atoms with Gasteiger partial charge in [0.1, 0.15) is 6.10 Å². The van der Waals surface area contributed by atoms with Crippen LogP contribution in [-0.4, -0.2) is 23.6 Å². The van der Waals surface area contributed by atoms with Crippen LogP contribution in [0.4, 0.5) is 0 Å². The molecular formula is C12H12O4. The van der Waals surface area contributed by atoms with E-state index in [9.17, 15) is 14.4 Å². The first-order chi connectivity index (χ1) is 7.59. The van der Waals surface area contributed by atoms with E-state index in [0.717, 1.165) is 6.42 Å². The number of hydrogen-bond donors (Lipinski definition) is 0. The summed E-state index contributed by atoms with van der Waals surface area (Å²) in [6, 6.07) is 0. The molecule has 2 bridgehead atoms. The fraction of sp³-hybridized carbons (Fsp3) is 0.583. The number of ether oxygens (including phenoxy) is 1. The third-order valence-corrected chi connectivity index (χ3v) is 3.89. The van der Waals surface area contributed by atoms with E-state index in [4.69, 9.17) is 4.74 Å². The van der Waals surface area contributed by atoms with Crippen molar-refractivity contribution in [2.45, 2.75) is 19.4 Å². The molecular weight excluding hydrogens is 208 g/mol. The fourth-order valence-corrected chi connectivity index (χ4v) is 3.19. The van der Waals surface area contributed by atoms with Crippen molar-refractivity contribution < 1.29 is 19.1 Å². The van der Waals surface area contributed by atoms with Crippen LogP contribution in [0.25, 0.3) is 0 Å². The van der Waals surface area contributed by atoms with Crippen LogP contribution in [0.3, 0.4) is 0 Å². The minimum atomic E-state index is -1.17. The molecule has 1 saturated carbocycles. The number of rotatable bonds is 1. The molecule has 1 heterocycles. The molecule has 3 aliphatic rings. The van der Waals surface area contributed by atoms with Gasteiger partial charge in [0.2, 0.25) is 0 Å². The van der Waals surface area contributed by atoms with E-state index in [2.05, 4.69) is 0 Å². The maximum Gasteiger partial charge on any atom is 0.324 e. The van der Waals surface area contributed by atoms with Gasteiger partial charge in [-0.05, 0) is 19.3 Å². The Bertz CT molecular complexity index is 423. The van der Waals surface area contributed by atoms with Crippen molar-refractivity contribution in [3.05, 3.63) is 12.2 Å². The van der Waals surface area contributed by atoms with Crippen LogP contribution in [0.1, 0.15) is 13.3 Å². The van der Waals surface area contributed by atoms with Crippen molar-refractivity contribution in [1.82, 2.24) is 0 Å². The maximum absolute atomic E-state index is 12.1.